The molecule has 0 spiro atoms. The van der Waals surface area contributed by atoms with E-state index >= 15 is 0 Å². The van der Waals surface area contributed by atoms with Crippen molar-refractivity contribution in [1.29, 1.82) is 0 Å². The zero-order valence-electron chi connectivity index (χ0n) is 12.8. The molecule has 2 N–H and O–H groups in total. The molecule has 0 aliphatic heterocycles. The Kier molecular flexibility index (Phi) is 6.54. The lowest BCUT2D eigenvalue weighted by Crippen LogP contribution is -2.18. The summed E-state index contributed by atoms with van der Waals surface area (Å²) in [6.07, 6.45) is 2.00. The van der Waals surface area contributed by atoms with E-state index in [0.29, 0.717) is 11.6 Å². The second kappa shape index (κ2) is 8.64. The Hall–Kier alpha value is -1.93. The molecule has 0 saturated carbocycles. The highest BCUT2D eigenvalue weighted by Gasteiger charge is 2.08. The zero-order chi connectivity index (χ0) is 16.7. The molecule has 0 aliphatic rings. The number of nitrogens with zero attached hydrogens (tertiary/aromatic N) is 1. The van der Waals surface area contributed by atoms with E-state index < -0.39 is 0 Å². The molecule has 2 aromatic rings. The molecule has 0 unspecified atom stereocenters. The first-order valence-corrected chi connectivity index (χ1v) is 9.19. The van der Waals surface area contributed by atoms with Crippen LogP contribution in [0.15, 0.2) is 39.8 Å². The standard InChI is InChI=1S/C15H17N3O3S2/c1-10-7-13(18-21-10)17-15(20)9-23-8-14(19)16-11-3-5-12(22-2)6-4-11/h3-7H,8-9H2,1-2H3,(H,16,19)(H,17,18,20). The number of anilines is 2. The number of carbonyl (C=O) groups excluding carboxylic acids is 2. The molecule has 0 radical (unpaired) electrons. The van der Waals surface area contributed by atoms with E-state index in [2.05, 4.69) is 15.8 Å². The van der Waals surface area contributed by atoms with Crippen LogP contribution in [0.2, 0.25) is 0 Å². The second-order valence-corrected chi connectivity index (χ2v) is 6.51. The molecule has 8 heteroatoms. The maximum Gasteiger partial charge on any atom is 0.235 e. The Labute approximate surface area is 142 Å². The minimum atomic E-state index is -0.222. The summed E-state index contributed by atoms with van der Waals surface area (Å²) in [6, 6.07) is 9.23. The molecule has 122 valence electrons. The topological polar surface area (TPSA) is 84.2 Å². The van der Waals surface area contributed by atoms with E-state index in [-0.39, 0.29) is 23.3 Å². The summed E-state index contributed by atoms with van der Waals surface area (Å²) < 4.78 is 4.85. The molecule has 1 heterocycles. The molecular weight excluding hydrogens is 334 g/mol. The summed E-state index contributed by atoms with van der Waals surface area (Å²) in [5.74, 6) is 1.02. The average Bonchev–Trinajstić information content (AvgIpc) is 2.93. The monoisotopic (exact) mass is 351 g/mol. The Balaban J connectivity index is 1.68. The zero-order valence-corrected chi connectivity index (χ0v) is 14.4. The van der Waals surface area contributed by atoms with E-state index in [9.17, 15) is 9.59 Å². The Morgan fingerprint density at radius 2 is 1.78 bits per heavy atom. The van der Waals surface area contributed by atoms with Crippen molar-refractivity contribution in [1.82, 2.24) is 5.16 Å². The molecule has 0 aliphatic carbocycles. The van der Waals surface area contributed by atoms with Gasteiger partial charge in [-0.25, -0.2) is 0 Å². The molecule has 23 heavy (non-hydrogen) atoms. The number of carbonyl (C=O) groups is 2. The Bertz CT molecular complexity index is 671. The van der Waals surface area contributed by atoms with E-state index in [1.54, 1.807) is 24.8 Å². The highest BCUT2D eigenvalue weighted by Crippen LogP contribution is 2.17. The molecule has 2 amide bonds. The molecule has 0 fully saturated rings. The lowest BCUT2D eigenvalue weighted by molar-refractivity contribution is -0.114. The van der Waals surface area contributed by atoms with Crippen molar-refractivity contribution < 1.29 is 14.1 Å². The fourth-order valence-electron chi connectivity index (χ4n) is 1.71. The molecule has 0 atom stereocenters. The third-order valence-electron chi connectivity index (χ3n) is 2.74. The summed E-state index contributed by atoms with van der Waals surface area (Å²) in [4.78, 5) is 24.6. The predicted octanol–water partition coefficient (Wildman–Crippen LogP) is 3.02. The first-order valence-electron chi connectivity index (χ1n) is 6.81. The van der Waals surface area contributed by atoms with Crippen LogP contribution in [0.4, 0.5) is 11.5 Å². The average molecular weight is 351 g/mol. The van der Waals surface area contributed by atoms with Crippen molar-refractivity contribution in [3.05, 3.63) is 36.1 Å². The van der Waals surface area contributed by atoms with Crippen LogP contribution >= 0.6 is 23.5 Å². The van der Waals surface area contributed by atoms with Gasteiger partial charge in [-0.15, -0.1) is 23.5 Å². The van der Waals surface area contributed by atoms with Gasteiger partial charge in [0.2, 0.25) is 11.8 Å². The molecule has 1 aromatic carbocycles. The number of benzene rings is 1. The van der Waals surface area contributed by atoms with Gasteiger partial charge in [0.25, 0.3) is 0 Å². The van der Waals surface area contributed by atoms with Gasteiger partial charge in [-0.2, -0.15) is 0 Å². The van der Waals surface area contributed by atoms with Crippen molar-refractivity contribution in [3.8, 4) is 0 Å². The quantitative estimate of drug-likeness (QED) is 0.746. The summed E-state index contributed by atoms with van der Waals surface area (Å²) in [6.45, 7) is 1.74. The second-order valence-electron chi connectivity index (χ2n) is 4.64. The van der Waals surface area contributed by atoms with Crippen molar-refractivity contribution in [2.75, 3.05) is 28.4 Å². The number of rotatable bonds is 7. The third kappa shape index (κ3) is 5.99. The summed E-state index contributed by atoms with van der Waals surface area (Å²) in [5.41, 5.74) is 0.746. The molecule has 1 aromatic heterocycles. The van der Waals surface area contributed by atoms with Crippen LogP contribution in [-0.4, -0.2) is 34.7 Å². The van der Waals surface area contributed by atoms with Crippen LogP contribution in [0, 0.1) is 6.92 Å². The highest BCUT2D eigenvalue weighted by atomic mass is 32.2. The highest BCUT2D eigenvalue weighted by molar-refractivity contribution is 8.00. The van der Waals surface area contributed by atoms with Crippen LogP contribution in [0.3, 0.4) is 0 Å². The summed E-state index contributed by atoms with van der Waals surface area (Å²) in [5, 5.41) is 9.06. The largest absolute Gasteiger partial charge is 0.360 e. The normalized spacial score (nSPS) is 10.3. The van der Waals surface area contributed by atoms with Gasteiger partial charge in [0.15, 0.2) is 5.82 Å². The SMILES string of the molecule is CSc1ccc(NC(=O)CSCC(=O)Nc2cc(C)on2)cc1. The number of nitrogens with one attached hydrogen (secondary N) is 2. The van der Waals surface area contributed by atoms with E-state index in [1.165, 1.54) is 11.8 Å². The number of amides is 2. The van der Waals surface area contributed by atoms with Gasteiger partial charge < -0.3 is 15.2 Å². The molecule has 0 bridgehead atoms. The van der Waals surface area contributed by atoms with Gasteiger partial charge >= 0.3 is 0 Å². The van der Waals surface area contributed by atoms with Gasteiger partial charge in [0.1, 0.15) is 5.76 Å². The predicted molar refractivity (Wildman–Crippen MR) is 94.0 cm³/mol. The van der Waals surface area contributed by atoms with Crippen molar-refractivity contribution in [2.24, 2.45) is 0 Å². The van der Waals surface area contributed by atoms with Crippen LogP contribution in [0.25, 0.3) is 0 Å². The number of thioether (sulfide) groups is 2. The Morgan fingerprint density at radius 1 is 1.13 bits per heavy atom. The molecule has 6 nitrogen and oxygen atoms in total. The first-order chi connectivity index (χ1) is 11.1. The van der Waals surface area contributed by atoms with Gasteiger partial charge in [-0.3, -0.25) is 9.59 Å². The Morgan fingerprint density at radius 3 is 2.35 bits per heavy atom. The number of hydrogen-bond acceptors (Lipinski definition) is 6. The van der Waals surface area contributed by atoms with Crippen molar-refractivity contribution in [2.45, 2.75) is 11.8 Å². The summed E-state index contributed by atoms with van der Waals surface area (Å²) in [7, 11) is 0. The smallest absolute Gasteiger partial charge is 0.235 e. The lowest BCUT2D eigenvalue weighted by Gasteiger charge is -2.06. The van der Waals surface area contributed by atoms with Gasteiger partial charge in [0, 0.05) is 16.6 Å². The van der Waals surface area contributed by atoms with Crippen LogP contribution < -0.4 is 10.6 Å². The molecular formula is C15H17N3O3S2. The minimum absolute atomic E-state index is 0.142. The maximum atomic E-state index is 11.8. The van der Waals surface area contributed by atoms with Crippen molar-refractivity contribution in [3.63, 3.8) is 0 Å². The van der Waals surface area contributed by atoms with E-state index in [1.807, 2.05) is 30.5 Å². The van der Waals surface area contributed by atoms with E-state index in [4.69, 9.17) is 4.52 Å². The van der Waals surface area contributed by atoms with Crippen LogP contribution in [0.5, 0.6) is 0 Å². The molecule has 0 saturated heterocycles. The van der Waals surface area contributed by atoms with Gasteiger partial charge in [-0.1, -0.05) is 5.16 Å². The number of aryl methyl sites for hydroxylation is 1. The minimum Gasteiger partial charge on any atom is -0.360 e. The first kappa shape index (κ1) is 17.4. The van der Waals surface area contributed by atoms with Crippen molar-refractivity contribution >= 4 is 46.8 Å². The fourth-order valence-corrected chi connectivity index (χ4v) is 2.74. The molecule has 2 rings (SSSR count). The van der Waals surface area contributed by atoms with Crippen LogP contribution in [-0.2, 0) is 9.59 Å². The number of aromatic nitrogens is 1. The number of hydrogen-bond donors (Lipinski definition) is 2. The van der Waals surface area contributed by atoms with Gasteiger partial charge in [0.05, 0.1) is 11.5 Å². The van der Waals surface area contributed by atoms with Gasteiger partial charge in [-0.05, 0) is 37.4 Å². The third-order valence-corrected chi connectivity index (χ3v) is 4.41. The fraction of sp³-hybridized carbons (Fsp3) is 0.267. The van der Waals surface area contributed by atoms with Crippen LogP contribution in [0.1, 0.15) is 5.76 Å². The summed E-state index contributed by atoms with van der Waals surface area (Å²) >= 11 is 2.88. The maximum absolute atomic E-state index is 11.8. The lowest BCUT2D eigenvalue weighted by atomic mass is 10.3. The van der Waals surface area contributed by atoms with E-state index in [0.717, 1.165) is 10.6 Å².